The predicted molar refractivity (Wildman–Crippen MR) is 60.4 cm³/mol. The van der Waals surface area contributed by atoms with Crippen LogP contribution in [0.3, 0.4) is 0 Å². The summed E-state index contributed by atoms with van der Waals surface area (Å²) in [4.78, 5) is 1.97. The summed E-state index contributed by atoms with van der Waals surface area (Å²) in [5, 5.41) is 0. The Morgan fingerprint density at radius 1 is 1.00 bits per heavy atom. The molecule has 0 N–H and O–H groups in total. The topological polar surface area (TPSA) is 3.24 Å². The first kappa shape index (κ1) is 17.6. The molecule has 0 atom stereocenters. The van der Waals surface area contributed by atoms with Gasteiger partial charge in [0, 0.05) is 19.8 Å². The van der Waals surface area contributed by atoms with Crippen LogP contribution in [0.2, 0.25) is 0 Å². The Kier molecular flexibility index (Phi) is 24.7. The van der Waals surface area contributed by atoms with Gasteiger partial charge >= 0.3 is 0 Å². The van der Waals surface area contributed by atoms with Crippen molar-refractivity contribution < 1.29 is 0 Å². The fourth-order valence-corrected chi connectivity index (χ4v) is 0. The van der Waals surface area contributed by atoms with Crippen LogP contribution in [0, 0.1) is 0 Å². The van der Waals surface area contributed by atoms with Crippen molar-refractivity contribution in [2.75, 3.05) is 14.1 Å². The third-order valence-electron chi connectivity index (χ3n) is 0.763. The van der Waals surface area contributed by atoms with E-state index in [1.807, 2.05) is 25.9 Å². The van der Waals surface area contributed by atoms with Crippen molar-refractivity contribution in [1.29, 1.82) is 0 Å². The molecular formula is C11H27N. The summed E-state index contributed by atoms with van der Waals surface area (Å²) in [6.45, 7) is 14.2. The van der Waals surface area contributed by atoms with E-state index in [0.29, 0.717) is 0 Å². The number of hydrogen-bond acceptors (Lipinski definition) is 1. The van der Waals surface area contributed by atoms with Crippen molar-refractivity contribution in [3.8, 4) is 0 Å². The van der Waals surface area contributed by atoms with Crippen LogP contribution >= 0.6 is 0 Å². The van der Waals surface area contributed by atoms with Gasteiger partial charge < -0.3 is 4.90 Å². The molecule has 0 fully saturated rings. The molecule has 1 nitrogen and oxygen atoms in total. The molecule has 0 aromatic rings. The van der Waals surface area contributed by atoms with Gasteiger partial charge in [-0.3, -0.25) is 0 Å². The molecule has 0 radical (unpaired) electrons. The highest BCUT2D eigenvalue weighted by molar-refractivity contribution is 4.82. The number of hydrogen-bond donors (Lipinski definition) is 0. The highest BCUT2D eigenvalue weighted by Gasteiger charge is 1.79. The molecule has 0 saturated carbocycles. The van der Waals surface area contributed by atoms with Crippen molar-refractivity contribution in [2.24, 2.45) is 0 Å². The van der Waals surface area contributed by atoms with Gasteiger partial charge in [0.25, 0.3) is 0 Å². The third-order valence-corrected chi connectivity index (χ3v) is 0.763. The zero-order valence-electron chi connectivity index (χ0n) is 10.1. The van der Waals surface area contributed by atoms with E-state index >= 15 is 0 Å². The van der Waals surface area contributed by atoms with Gasteiger partial charge in [0.05, 0.1) is 0 Å². The zero-order chi connectivity index (χ0) is 10.6. The molecule has 76 valence electrons. The van der Waals surface area contributed by atoms with E-state index in [9.17, 15) is 0 Å². The molecular weight excluding hydrogens is 146 g/mol. The van der Waals surface area contributed by atoms with Gasteiger partial charge in [-0.1, -0.05) is 47.1 Å². The standard InChI is InChI=1S/C5H11N.2C3H8/c1-5(2)6(3)4;2*1-3-2/h1H2,2-4H3;2*3H2,1-2H3. The second kappa shape index (κ2) is 16.9. The molecule has 0 heterocycles. The first-order valence-electron chi connectivity index (χ1n) is 4.80. The lowest BCUT2D eigenvalue weighted by Crippen LogP contribution is -2.05. The van der Waals surface area contributed by atoms with Gasteiger partial charge in [0.1, 0.15) is 0 Å². The Hall–Kier alpha value is -0.460. The molecule has 1 heteroatoms. The van der Waals surface area contributed by atoms with E-state index in [2.05, 4.69) is 34.3 Å². The normalized spacial score (nSPS) is 6.92. The highest BCUT2D eigenvalue weighted by atomic mass is 15.1. The van der Waals surface area contributed by atoms with Gasteiger partial charge in [-0.2, -0.15) is 0 Å². The molecule has 0 spiro atoms. The van der Waals surface area contributed by atoms with Gasteiger partial charge in [0.2, 0.25) is 0 Å². The Morgan fingerprint density at radius 3 is 1.08 bits per heavy atom. The van der Waals surface area contributed by atoms with E-state index in [4.69, 9.17) is 0 Å². The van der Waals surface area contributed by atoms with Crippen molar-refractivity contribution in [3.05, 3.63) is 12.3 Å². The van der Waals surface area contributed by atoms with Gasteiger partial charge in [-0.25, -0.2) is 0 Å². The van der Waals surface area contributed by atoms with Crippen LogP contribution in [-0.4, -0.2) is 19.0 Å². The fraction of sp³-hybridized carbons (Fsp3) is 0.818. The lowest BCUT2D eigenvalue weighted by Gasteiger charge is -2.08. The maximum Gasteiger partial charge on any atom is 0.00578 e. The molecule has 0 aliphatic rings. The average Bonchev–Trinajstić information content (AvgIpc) is 1.90. The zero-order valence-corrected chi connectivity index (χ0v) is 10.1. The van der Waals surface area contributed by atoms with Crippen LogP contribution in [0.5, 0.6) is 0 Å². The van der Waals surface area contributed by atoms with E-state index in [0.717, 1.165) is 5.70 Å². The predicted octanol–water partition coefficient (Wildman–Crippen LogP) is 3.91. The summed E-state index contributed by atoms with van der Waals surface area (Å²) in [5.41, 5.74) is 1.09. The number of allylic oxidation sites excluding steroid dienone is 1. The molecule has 0 saturated heterocycles. The van der Waals surface area contributed by atoms with Crippen molar-refractivity contribution in [3.63, 3.8) is 0 Å². The van der Waals surface area contributed by atoms with Crippen LogP contribution < -0.4 is 0 Å². The quantitative estimate of drug-likeness (QED) is 0.581. The second-order valence-corrected chi connectivity index (χ2v) is 3.04. The Labute approximate surface area is 79.5 Å². The molecule has 0 aromatic heterocycles. The smallest absolute Gasteiger partial charge is 0.00578 e. The molecule has 0 unspecified atom stereocenters. The lowest BCUT2D eigenvalue weighted by molar-refractivity contribution is 0.516. The Balaban J connectivity index is -0.000000115. The van der Waals surface area contributed by atoms with Crippen LogP contribution in [0.15, 0.2) is 12.3 Å². The SMILES string of the molecule is C=C(C)N(C)C.CCC.CCC. The first-order chi connectivity index (χ1) is 5.47. The molecule has 0 aliphatic carbocycles. The molecule has 0 amide bonds. The number of rotatable bonds is 1. The summed E-state index contributed by atoms with van der Waals surface area (Å²) in [6, 6.07) is 0. The van der Waals surface area contributed by atoms with Gasteiger partial charge in [0.15, 0.2) is 0 Å². The monoisotopic (exact) mass is 173 g/mol. The van der Waals surface area contributed by atoms with Crippen molar-refractivity contribution in [2.45, 2.75) is 47.5 Å². The maximum atomic E-state index is 3.68. The van der Waals surface area contributed by atoms with Gasteiger partial charge in [-0.05, 0) is 6.92 Å². The molecule has 0 rings (SSSR count). The fourth-order valence-electron chi connectivity index (χ4n) is 0. The Morgan fingerprint density at radius 2 is 1.08 bits per heavy atom. The highest BCUT2D eigenvalue weighted by Crippen LogP contribution is 1.86. The minimum Gasteiger partial charge on any atom is -0.382 e. The minimum atomic E-state index is 1.09. The molecule has 12 heavy (non-hydrogen) atoms. The summed E-state index contributed by atoms with van der Waals surface area (Å²) < 4.78 is 0. The van der Waals surface area contributed by atoms with Crippen molar-refractivity contribution >= 4 is 0 Å². The third kappa shape index (κ3) is 55.5. The molecule has 0 aromatic carbocycles. The number of nitrogens with zero attached hydrogens (tertiary/aromatic N) is 1. The average molecular weight is 173 g/mol. The summed E-state index contributed by atoms with van der Waals surface area (Å²) in [6.07, 6.45) is 2.50. The largest absolute Gasteiger partial charge is 0.382 e. The van der Waals surface area contributed by atoms with Crippen LogP contribution in [0.4, 0.5) is 0 Å². The van der Waals surface area contributed by atoms with Crippen molar-refractivity contribution in [1.82, 2.24) is 4.90 Å². The molecule has 0 bridgehead atoms. The van der Waals surface area contributed by atoms with E-state index < -0.39 is 0 Å². The molecule has 0 aliphatic heterocycles. The minimum absolute atomic E-state index is 1.09. The summed E-state index contributed by atoms with van der Waals surface area (Å²) in [7, 11) is 3.95. The van der Waals surface area contributed by atoms with Crippen LogP contribution in [0.1, 0.15) is 47.5 Å². The first-order valence-corrected chi connectivity index (χ1v) is 4.80. The maximum absolute atomic E-state index is 3.68. The summed E-state index contributed by atoms with van der Waals surface area (Å²) >= 11 is 0. The van der Waals surface area contributed by atoms with Gasteiger partial charge in [-0.15, -0.1) is 0 Å². The van der Waals surface area contributed by atoms with E-state index in [-0.39, 0.29) is 0 Å². The summed E-state index contributed by atoms with van der Waals surface area (Å²) in [5.74, 6) is 0. The second-order valence-electron chi connectivity index (χ2n) is 3.04. The van der Waals surface area contributed by atoms with Crippen LogP contribution in [0.25, 0.3) is 0 Å². The Bertz CT molecular complexity index is 73.1. The van der Waals surface area contributed by atoms with E-state index in [1.165, 1.54) is 12.8 Å². The van der Waals surface area contributed by atoms with Crippen LogP contribution in [-0.2, 0) is 0 Å². The lowest BCUT2D eigenvalue weighted by atomic mass is 10.5. The van der Waals surface area contributed by atoms with E-state index in [1.54, 1.807) is 0 Å².